The summed E-state index contributed by atoms with van der Waals surface area (Å²) in [5.74, 6) is 0. The quantitative estimate of drug-likeness (QED) is 0.853. The highest BCUT2D eigenvalue weighted by molar-refractivity contribution is 7.89. The Kier molecular flexibility index (Phi) is 4.67. The van der Waals surface area contributed by atoms with E-state index in [2.05, 4.69) is 11.8 Å². The van der Waals surface area contributed by atoms with Crippen molar-refractivity contribution in [3.63, 3.8) is 0 Å². The Morgan fingerprint density at radius 1 is 1.30 bits per heavy atom. The first-order valence-corrected chi connectivity index (χ1v) is 8.45. The Labute approximate surface area is 121 Å². The van der Waals surface area contributed by atoms with Crippen LogP contribution in [0.5, 0.6) is 0 Å². The van der Waals surface area contributed by atoms with E-state index in [0.29, 0.717) is 5.69 Å². The lowest BCUT2D eigenvalue weighted by Crippen LogP contribution is -2.45. The van der Waals surface area contributed by atoms with Crippen LogP contribution in [0.4, 0.5) is 5.69 Å². The van der Waals surface area contributed by atoms with Gasteiger partial charge >= 0.3 is 0 Å². The molecule has 20 heavy (non-hydrogen) atoms. The minimum atomic E-state index is -3.50. The largest absolute Gasteiger partial charge is 0.398 e. The Morgan fingerprint density at radius 3 is 2.45 bits per heavy atom. The summed E-state index contributed by atoms with van der Waals surface area (Å²) in [6, 6.07) is 6.70. The molecule has 6 heteroatoms. The monoisotopic (exact) mass is 297 g/mol. The number of hydrogen-bond donors (Lipinski definition) is 1. The Bertz CT molecular complexity index is 551. The molecule has 0 atom stereocenters. The smallest absolute Gasteiger partial charge is 0.245 e. The lowest BCUT2D eigenvalue weighted by molar-refractivity contribution is 0.176. The molecule has 1 aliphatic heterocycles. The van der Waals surface area contributed by atoms with Crippen molar-refractivity contribution in [2.45, 2.75) is 30.7 Å². The minimum Gasteiger partial charge on any atom is -0.398 e. The fourth-order valence-electron chi connectivity index (χ4n) is 2.67. The lowest BCUT2D eigenvalue weighted by atomic mass is 10.1. The maximum Gasteiger partial charge on any atom is 0.245 e. The van der Waals surface area contributed by atoms with Crippen molar-refractivity contribution in [2.75, 3.05) is 32.4 Å². The summed E-state index contributed by atoms with van der Waals surface area (Å²) in [5.41, 5.74) is 6.11. The number of benzene rings is 1. The van der Waals surface area contributed by atoms with Crippen LogP contribution in [-0.4, -0.2) is 50.3 Å². The molecule has 0 aliphatic carbocycles. The molecule has 1 fully saturated rings. The summed E-state index contributed by atoms with van der Waals surface area (Å²) in [6.45, 7) is 5.05. The SMILES string of the molecule is CCN1CCC(N(C)S(=O)(=O)c2ccccc2N)CC1. The maximum atomic E-state index is 12.6. The van der Waals surface area contributed by atoms with Gasteiger partial charge in [0.1, 0.15) is 4.90 Å². The van der Waals surface area contributed by atoms with Gasteiger partial charge in [-0.1, -0.05) is 19.1 Å². The zero-order valence-corrected chi connectivity index (χ0v) is 12.9. The van der Waals surface area contributed by atoms with Gasteiger partial charge in [0.25, 0.3) is 0 Å². The molecule has 2 rings (SSSR count). The standard InChI is InChI=1S/C14H23N3O2S/c1-3-17-10-8-12(9-11-17)16(2)20(18,19)14-7-5-4-6-13(14)15/h4-7,12H,3,8-11,15H2,1-2H3. The number of likely N-dealkylation sites (tertiary alicyclic amines) is 1. The summed E-state index contributed by atoms with van der Waals surface area (Å²) in [6.07, 6.45) is 1.74. The van der Waals surface area contributed by atoms with Gasteiger partial charge in [-0.15, -0.1) is 0 Å². The third-order valence-electron chi connectivity index (χ3n) is 4.09. The predicted octanol–water partition coefficient (Wildman–Crippen LogP) is 1.37. The third kappa shape index (κ3) is 2.97. The average molecular weight is 297 g/mol. The molecule has 1 aliphatic rings. The van der Waals surface area contributed by atoms with Crippen LogP contribution in [-0.2, 0) is 10.0 Å². The van der Waals surface area contributed by atoms with Crippen LogP contribution in [0.3, 0.4) is 0 Å². The molecule has 1 aromatic carbocycles. The second kappa shape index (κ2) is 6.11. The summed E-state index contributed by atoms with van der Waals surface area (Å²) < 4.78 is 26.8. The van der Waals surface area contributed by atoms with E-state index in [0.717, 1.165) is 32.5 Å². The van der Waals surface area contributed by atoms with Crippen LogP contribution in [0, 0.1) is 0 Å². The van der Waals surface area contributed by atoms with Gasteiger partial charge in [0, 0.05) is 13.1 Å². The summed E-state index contributed by atoms with van der Waals surface area (Å²) >= 11 is 0. The number of nitrogen functional groups attached to an aromatic ring is 1. The van der Waals surface area contributed by atoms with Gasteiger partial charge in [0.2, 0.25) is 10.0 Å². The van der Waals surface area contributed by atoms with E-state index in [1.165, 1.54) is 4.31 Å². The second-order valence-electron chi connectivity index (χ2n) is 5.22. The average Bonchev–Trinajstić information content (AvgIpc) is 2.47. The lowest BCUT2D eigenvalue weighted by Gasteiger charge is -2.35. The molecule has 0 unspecified atom stereocenters. The van der Waals surface area contributed by atoms with E-state index in [1.807, 2.05) is 0 Å². The molecule has 0 saturated carbocycles. The highest BCUT2D eigenvalue weighted by Gasteiger charge is 2.31. The normalized spacial score (nSPS) is 18.6. The maximum absolute atomic E-state index is 12.6. The second-order valence-corrected chi connectivity index (χ2v) is 7.19. The summed E-state index contributed by atoms with van der Waals surface area (Å²) in [5, 5.41) is 0. The molecule has 1 heterocycles. The molecular weight excluding hydrogens is 274 g/mol. The van der Waals surface area contributed by atoms with Crippen molar-refractivity contribution in [3.05, 3.63) is 24.3 Å². The number of piperidine rings is 1. The molecule has 1 aromatic rings. The highest BCUT2D eigenvalue weighted by atomic mass is 32.2. The minimum absolute atomic E-state index is 0.0578. The summed E-state index contributed by atoms with van der Waals surface area (Å²) in [7, 11) is -1.84. The van der Waals surface area contributed by atoms with Crippen molar-refractivity contribution in [1.29, 1.82) is 0 Å². The number of anilines is 1. The molecule has 5 nitrogen and oxygen atoms in total. The number of nitrogens with two attached hydrogens (primary N) is 1. The van der Waals surface area contributed by atoms with E-state index in [4.69, 9.17) is 5.73 Å². The fraction of sp³-hybridized carbons (Fsp3) is 0.571. The molecule has 1 saturated heterocycles. The fourth-order valence-corrected chi connectivity index (χ4v) is 4.20. The third-order valence-corrected chi connectivity index (χ3v) is 6.08. The molecule has 0 bridgehead atoms. The van der Waals surface area contributed by atoms with Crippen LogP contribution in [0.1, 0.15) is 19.8 Å². The van der Waals surface area contributed by atoms with Crippen molar-refractivity contribution in [2.24, 2.45) is 0 Å². The van der Waals surface area contributed by atoms with Crippen molar-refractivity contribution in [3.8, 4) is 0 Å². The van der Waals surface area contributed by atoms with Crippen LogP contribution < -0.4 is 5.73 Å². The van der Waals surface area contributed by atoms with E-state index in [9.17, 15) is 8.42 Å². The zero-order chi connectivity index (χ0) is 14.8. The molecule has 0 aromatic heterocycles. The van der Waals surface area contributed by atoms with Gasteiger partial charge in [0.15, 0.2) is 0 Å². The van der Waals surface area contributed by atoms with Crippen molar-refractivity contribution >= 4 is 15.7 Å². The highest BCUT2D eigenvalue weighted by Crippen LogP contribution is 2.25. The molecule has 112 valence electrons. The predicted molar refractivity (Wildman–Crippen MR) is 80.9 cm³/mol. The number of para-hydroxylation sites is 1. The molecule has 0 radical (unpaired) electrons. The van der Waals surface area contributed by atoms with E-state index >= 15 is 0 Å². The van der Waals surface area contributed by atoms with Gasteiger partial charge < -0.3 is 10.6 Å². The Morgan fingerprint density at radius 2 is 1.90 bits per heavy atom. The van der Waals surface area contributed by atoms with Crippen LogP contribution in [0.25, 0.3) is 0 Å². The van der Waals surface area contributed by atoms with E-state index in [-0.39, 0.29) is 10.9 Å². The summed E-state index contributed by atoms with van der Waals surface area (Å²) in [4.78, 5) is 2.55. The van der Waals surface area contributed by atoms with Gasteiger partial charge in [-0.3, -0.25) is 0 Å². The molecular formula is C14H23N3O2S. The number of hydrogen-bond acceptors (Lipinski definition) is 4. The van der Waals surface area contributed by atoms with E-state index in [1.54, 1.807) is 31.3 Å². The first-order chi connectivity index (χ1) is 9.46. The first kappa shape index (κ1) is 15.3. The van der Waals surface area contributed by atoms with E-state index < -0.39 is 10.0 Å². The van der Waals surface area contributed by atoms with Crippen molar-refractivity contribution < 1.29 is 8.42 Å². The number of nitrogens with zero attached hydrogens (tertiary/aromatic N) is 2. The number of rotatable bonds is 4. The molecule has 0 spiro atoms. The van der Waals surface area contributed by atoms with Crippen LogP contribution in [0.15, 0.2) is 29.2 Å². The van der Waals surface area contributed by atoms with Gasteiger partial charge in [-0.05, 0) is 44.6 Å². The van der Waals surface area contributed by atoms with Crippen molar-refractivity contribution in [1.82, 2.24) is 9.21 Å². The Hall–Kier alpha value is -1.11. The van der Waals surface area contributed by atoms with Gasteiger partial charge in [-0.2, -0.15) is 4.31 Å². The first-order valence-electron chi connectivity index (χ1n) is 7.01. The van der Waals surface area contributed by atoms with Gasteiger partial charge in [0.05, 0.1) is 5.69 Å². The van der Waals surface area contributed by atoms with Crippen LogP contribution in [0.2, 0.25) is 0 Å². The molecule has 2 N–H and O–H groups in total. The molecule has 0 amide bonds. The van der Waals surface area contributed by atoms with Gasteiger partial charge in [-0.25, -0.2) is 8.42 Å². The van der Waals surface area contributed by atoms with Crippen LogP contribution >= 0.6 is 0 Å². The zero-order valence-electron chi connectivity index (χ0n) is 12.1. The number of sulfonamides is 1. The Balaban J connectivity index is 2.16. The topological polar surface area (TPSA) is 66.6 Å².